The van der Waals surface area contributed by atoms with Crippen LogP contribution < -0.4 is 10.1 Å². The first-order valence-corrected chi connectivity index (χ1v) is 6.87. The number of aliphatic carboxylic acids is 1. The number of carboxylic acid groups (broad SMARTS) is 1. The van der Waals surface area contributed by atoms with Gasteiger partial charge in [0, 0.05) is 24.4 Å². The lowest BCUT2D eigenvalue weighted by Crippen LogP contribution is -2.43. The quantitative estimate of drug-likeness (QED) is 0.592. The molecule has 7 nitrogen and oxygen atoms in total. The summed E-state index contributed by atoms with van der Waals surface area (Å²) in [6.07, 6.45) is 2.22. The maximum absolute atomic E-state index is 11.3. The van der Waals surface area contributed by atoms with E-state index in [2.05, 4.69) is 5.32 Å². The van der Waals surface area contributed by atoms with Crippen LogP contribution in [0.15, 0.2) is 18.2 Å². The van der Waals surface area contributed by atoms with Crippen molar-refractivity contribution in [2.45, 2.75) is 26.2 Å². The number of benzene rings is 1. The minimum Gasteiger partial charge on any atom is -0.487 e. The number of nitro benzene ring substituents is 1. The number of hydrogen-bond acceptors (Lipinski definition) is 5. The molecular weight excluding hydrogens is 276 g/mol. The van der Waals surface area contributed by atoms with E-state index >= 15 is 0 Å². The Bertz CT molecular complexity index is 554. The van der Waals surface area contributed by atoms with Crippen LogP contribution in [0.5, 0.6) is 5.75 Å². The maximum atomic E-state index is 11.3. The summed E-state index contributed by atoms with van der Waals surface area (Å²) >= 11 is 0. The molecule has 0 aromatic heterocycles. The molecular formula is C14H18N2O5. The van der Waals surface area contributed by atoms with Gasteiger partial charge in [0.1, 0.15) is 0 Å². The average molecular weight is 294 g/mol. The average Bonchev–Trinajstić information content (AvgIpc) is 2.37. The summed E-state index contributed by atoms with van der Waals surface area (Å²) in [5.41, 5.74) is -0.191. The molecule has 0 bridgehead atoms. The number of ether oxygens (including phenoxy) is 1. The molecule has 0 aliphatic heterocycles. The Morgan fingerprint density at radius 1 is 1.52 bits per heavy atom. The normalized spacial score (nSPS) is 15.9. The van der Waals surface area contributed by atoms with Gasteiger partial charge in [0.05, 0.1) is 16.9 Å². The van der Waals surface area contributed by atoms with Gasteiger partial charge in [-0.1, -0.05) is 6.42 Å². The van der Waals surface area contributed by atoms with Crippen LogP contribution in [0.1, 0.15) is 26.2 Å². The predicted molar refractivity (Wildman–Crippen MR) is 76.7 cm³/mol. The molecule has 1 fully saturated rings. The summed E-state index contributed by atoms with van der Waals surface area (Å²) in [7, 11) is 0. The fraction of sp³-hybridized carbons (Fsp3) is 0.500. The predicted octanol–water partition coefficient (Wildman–Crippen LogP) is 2.66. The molecule has 2 N–H and O–H groups in total. The second-order valence-corrected chi connectivity index (χ2v) is 5.17. The highest BCUT2D eigenvalue weighted by atomic mass is 16.6. The van der Waals surface area contributed by atoms with Gasteiger partial charge in [-0.2, -0.15) is 0 Å². The maximum Gasteiger partial charge on any atom is 0.311 e. The Labute approximate surface area is 122 Å². The minimum atomic E-state index is -0.798. The Hall–Kier alpha value is -2.31. The number of nitrogens with zero attached hydrogens (tertiary/aromatic N) is 1. The van der Waals surface area contributed by atoms with Gasteiger partial charge < -0.3 is 15.2 Å². The van der Waals surface area contributed by atoms with E-state index < -0.39 is 16.3 Å². The minimum absolute atomic E-state index is 0.0982. The van der Waals surface area contributed by atoms with Gasteiger partial charge in [0.25, 0.3) is 0 Å². The first-order valence-electron chi connectivity index (χ1n) is 6.87. The molecule has 0 spiro atoms. The number of anilines is 1. The van der Waals surface area contributed by atoms with Crippen LogP contribution in [-0.2, 0) is 4.79 Å². The van der Waals surface area contributed by atoms with Gasteiger partial charge in [-0.3, -0.25) is 14.9 Å². The van der Waals surface area contributed by atoms with E-state index in [-0.39, 0.29) is 11.4 Å². The Kier molecular flexibility index (Phi) is 4.30. The molecule has 114 valence electrons. The van der Waals surface area contributed by atoms with Gasteiger partial charge in [-0.25, -0.2) is 0 Å². The fourth-order valence-corrected chi connectivity index (χ4v) is 2.39. The van der Waals surface area contributed by atoms with E-state index in [1.54, 1.807) is 13.0 Å². The third-order valence-electron chi connectivity index (χ3n) is 3.85. The second-order valence-electron chi connectivity index (χ2n) is 5.17. The summed E-state index contributed by atoms with van der Waals surface area (Å²) in [5, 5.41) is 23.2. The summed E-state index contributed by atoms with van der Waals surface area (Å²) < 4.78 is 5.26. The van der Waals surface area contributed by atoms with Gasteiger partial charge in [0.2, 0.25) is 0 Å². The lowest BCUT2D eigenvalue weighted by atomic mass is 9.69. The molecule has 0 radical (unpaired) electrons. The van der Waals surface area contributed by atoms with Crippen molar-refractivity contribution in [3.05, 3.63) is 28.3 Å². The first-order chi connectivity index (χ1) is 9.98. The molecule has 1 aliphatic rings. The van der Waals surface area contributed by atoms with Crippen LogP contribution in [0.4, 0.5) is 11.4 Å². The van der Waals surface area contributed by atoms with Crippen molar-refractivity contribution in [2.75, 3.05) is 18.5 Å². The van der Waals surface area contributed by atoms with Gasteiger partial charge in [0.15, 0.2) is 5.75 Å². The number of nitrogens with one attached hydrogen (secondary N) is 1. The molecule has 1 aromatic rings. The molecule has 0 heterocycles. The molecule has 7 heteroatoms. The number of carboxylic acids is 1. The highest BCUT2D eigenvalue weighted by Crippen LogP contribution is 2.41. The van der Waals surface area contributed by atoms with Crippen molar-refractivity contribution >= 4 is 17.3 Å². The lowest BCUT2D eigenvalue weighted by molar-refractivity contribution is -0.385. The number of nitro groups is 1. The number of hydrogen-bond donors (Lipinski definition) is 2. The fourth-order valence-electron chi connectivity index (χ4n) is 2.39. The van der Waals surface area contributed by atoms with Crippen LogP contribution in [-0.4, -0.2) is 29.2 Å². The van der Waals surface area contributed by atoms with Crippen LogP contribution in [0.2, 0.25) is 0 Å². The van der Waals surface area contributed by atoms with Crippen molar-refractivity contribution in [1.82, 2.24) is 0 Å². The second kappa shape index (κ2) is 5.99. The summed E-state index contributed by atoms with van der Waals surface area (Å²) in [6.45, 7) is 2.38. The molecule has 0 unspecified atom stereocenters. The molecule has 0 saturated heterocycles. The molecule has 0 amide bonds. The monoisotopic (exact) mass is 294 g/mol. The zero-order valence-electron chi connectivity index (χ0n) is 11.8. The number of rotatable bonds is 7. The summed E-state index contributed by atoms with van der Waals surface area (Å²) in [6, 6.07) is 4.46. The molecule has 1 aliphatic carbocycles. The van der Waals surface area contributed by atoms with Crippen molar-refractivity contribution in [1.29, 1.82) is 0 Å². The topological polar surface area (TPSA) is 102 Å². The van der Waals surface area contributed by atoms with E-state index in [1.165, 1.54) is 12.1 Å². The summed E-state index contributed by atoms with van der Waals surface area (Å²) in [4.78, 5) is 21.7. The Balaban J connectivity index is 2.12. The molecule has 21 heavy (non-hydrogen) atoms. The molecule has 0 atom stereocenters. The summed E-state index contributed by atoms with van der Waals surface area (Å²) in [5.74, 6) is -0.612. The Morgan fingerprint density at radius 3 is 2.71 bits per heavy atom. The van der Waals surface area contributed by atoms with Gasteiger partial charge >= 0.3 is 11.7 Å². The third-order valence-corrected chi connectivity index (χ3v) is 3.85. The smallest absolute Gasteiger partial charge is 0.311 e. The van der Waals surface area contributed by atoms with E-state index in [0.29, 0.717) is 31.7 Å². The van der Waals surface area contributed by atoms with Crippen LogP contribution in [0.3, 0.4) is 0 Å². The molecule has 1 aromatic carbocycles. The number of carbonyl (C=O) groups is 1. The molecule has 1 saturated carbocycles. The largest absolute Gasteiger partial charge is 0.487 e. The van der Waals surface area contributed by atoms with E-state index in [4.69, 9.17) is 4.74 Å². The standard InChI is InChI=1S/C14H18N2O5/c1-2-21-12-8-10(4-5-11(12)16(19)20)15-9-14(13(17)18)6-3-7-14/h4-5,8,15H,2-3,6-7,9H2,1H3,(H,17,18). The highest BCUT2D eigenvalue weighted by Gasteiger charge is 2.44. The van der Waals surface area contributed by atoms with Crippen molar-refractivity contribution in [3.63, 3.8) is 0 Å². The van der Waals surface area contributed by atoms with Gasteiger partial charge in [-0.15, -0.1) is 0 Å². The highest BCUT2D eigenvalue weighted by molar-refractivity contribution is 5.76. The van der Waals surface area contributed by atoms with E-state index in [9.17, 15) is 20.0 Å². The van der Waals surface area contributed by atoms with E-state index in [0.717, 1.165) is 6.42 Å². The zero-order chi connectivity index (χ0) is 15.5. The first kappa shape index (κ1) is 15.1. The van der Waals surface area contributed by atoms with Crippen molar-refractivity contribution in [3.8, 4) is 5.75 Å². The van der Waals surface area contributed by atoms with Crippen LogP contribution in [0.25, 0.3) is 0 Å². The third kappa shape index (κ3) is 3.07. The lowest BCUT2D eigenvalue weighted by Gasteiger charge is -2.37. The SMILES string of the molecule is CCOc1cc(NCC2(C(=O)O)CCC2)ccc1[N+](=O)[O-]. The zero-order valence-corrected chi connectivity index (χ0v) is 11.8. The molecule has 2 rings (SSSR count). The Morgan fingerprint density at radius 2 is 2.24 bits per heavy atom. The van der Waals surface area contributed by atoms with Crippen molar-refractivity contribution in [2.24, 2.45) is 5.41 Å². The van der Waals surface area contributed by atoms with Crippen molar-refractivity contribution < 1.29 is 19.6 Å². The van der Waals surface area contributed by atoms with Gasteiger partial charge in [-0.05, 0) is 25.8 Å². The van der Waals surface area contributed by atoms with E-state index in [1.807, 2.05) is 0 Å². The van der Waals surface area contributed by atoms with Crippen LogP contribution in [0, 0.1) is 15.5 Å². The van der Waals surface area contributed by atoms with Crippen LogP contribution >= 0.6 is 0 Å².